The summed E-state index contributed by atoms with van der Waals surface area (Å²) in [6.07, 6.45) is 5.27. The standard InChI is InChI=1S/C25H23ClF2N6O2/c1-2-17(24-32-12-34(33-24)13-7-25(8-13)9-35-10-25)36-18-6-4-15(22-19(18)23(29)31-11-30-22)14-3-5-16(27)20(26)21(14)28/h3-6,11-13,17H,2,7-10H2,1H3,(H2,29,30,31). The second kappa shape index (κ2) is 8.63. The maximum Gasteiger partial charge on any atom is 0.191 e. The average molecular weight is 513 g/mol. The Kier molecular flexibility index (Phi) is 5.53. The molecule has 1 aliphatic carbocycles. The summed E-state index contributed by atoms with van der Waals surface area (Å²) in [6, 6.07) is 6.05. The van der Waals surface area contributed by atoms with Crippen LogP contribution in [0.4, 0.5) is 14.6 Å². The maximum atomic E-state index is 14.8. The molecule has 4 aromatic rings. The van der Waals surface area contributed by atoms with Crippen LogP contribution in [-0.2, 0) is 4.74 Å². The molecule has 2 aromatic heterocycles. The SMILES string of the molecule is CCC(Oc1ccc(-c2ccc(F)c(Cl)c2F)c2ncnc(N)c12)c1ncn(C2CC3(COC3)C2)n1. The van der Waals surface area contributed by atoms with E-state index >= 15 is 0 Å². The Morgan fingerprint density at radius 3 is 2.67 bits per heavy atom. The average Bonchev–Trinajstić information content (AvgIpc) is 3.29. The molecule has 0 bridgehead atoms. The van der Waals surface area contributed by atoms with Gasteiger partial charge in [0, 0.05) is 16.5 Å². The zero-order valence-electron chi connectivity index (χ0n) is 19.4. The quantitative estimate of drug-likeness (QED) is 0.350. The number of nitrogen functional groups attached to an aromatic ring is 1. The molecule has 1 saturated carbocycles. The fourth-order valence-electron chi connectivity index (χ4n) is 5.05. The molecule has 2 N–H and O–H groups in total. The summed E-state index contributed by atoms with van der Waals surface area (Å²) in [5.41, 5.74) is 7.38. The molecule has 8 nitrogen and oxygen atoms in total. The summed E-state index contributed by atoms with van der Waals surface area (Å²) in [4.78, 5) is 12.9. The Labute approximate surface area is 210 Å². The van der Waals surface area contributed by atoms with E-state index in [0.717, 1.165) is 32.1 Å². The van der Waals surface area contributed by atoms with Crippen molar-refractivity contribution in [2.45, 2.75) is 38.3 Å². The van der Waals surface area contributed by atoms with Crippen LogP contribution in [0.3, 0.4) is 0 Å². The third kappa shape index (κ3) is 3.67. The van der Waals surface area contributed by atoms with E-state index in [1.165, 1.54) is 12.4 Å². The minimum Gasteiger partial charge on any atom is -0.482 e. The third-order valence-electron chi connectivity index (χ3n) is 7.09. The Hall–Kier alpha value is -3.37. The highest BCUT2D eigenvalue weighted by Gasteiger charge is 2.50. The topological polar surface area (TPSA) is 101 Å². The van der Waals surface area contributed by atoms with Gasteiger partial charge in [-0.25, -0.2) is 28.4 Å². The molecule has 186 valence electrons. The highest BCUT2D eigenvalue weighted by atomic mass is 35.5. The zero-order valence-corrected chi connectivity index (χ0v) is 20.2. The number of nitrogens with two attached hydrogens (primary N) is 1. The number of benzene rings is 2. The summed E-state index contributed by atoms with van der Waals surface area (Å²) in [6.45, 7) is 3.63. The Balaban J connectivity index is 1.33. The number of hydrogen-bond acceptors (Lipinski definition) is 7. The number of ether oxygens (including phenoxy) is 2. The van der Waals surface area contributed by atoms with E-state index < -0.39 is 22.8 Å². The van der Waals surface area contributed by atoms with Gasteiger partial charge in [0.25, 0.3) is 0 Å². The van der Waals surface area contributed by atoms with Crippen LogP contribution in [0.25, 0.3) is 22.0 Å². The van der Waals surface area contributed by atoms with Gasteiger partial charge in [0.15, 0.2) is 17.7 Å². The van der Waals surface area contributed by atoms with Gasteiger partial charge in [-0.2, -0.15) is 5.10 Å². The molecule has 11 heteroatoms. The first-order valence-electron chi connectivity index (χ1n) is 11.7. The summed E-state index contributed by atoms with van der Waals surface area (Å²) < 4.78 is 42.2. The van der Waals surface area contributed by atoms with Crippen molar-refractivity contribution in [3.8, 4) is 16.9 Å². The number of aromatic nitrogens is 5. The Morgan fingerprint density at radius 2 is 1.94 bits per heavy atom. The van der Waals surface area contributed by atoms with E-state index in [0.29, 0.717) is 45.9 Å². The molecular formula is C25H23ClF2N6O2. The largest absolute Gasteiger partial charge is 0.482 e. The Bertz CT molecular complexity index is 1470. The van der Waals surface area contributed by atoms with Gasteiger partial charge in [-0.15, -0.1) is 0 Å². The maximum absolute atomic E-state index is 14.8. The van der Waals surface area contributed by atoms with Crippen molar-refractivity contribution in [2.75, 3.05) is 18.9 Å². The number of rotatable bonds is 6. The summed E-state index contributed by atoms with van der Waals surface area (Å²) in [7, 11) is 0. The summed E-state index contributed by atoms with van der Waals surface area (Å²) in [5.74, 6) is -0.574. The van der Waals surface area contributed by atoms with Crippen LogP contribution >= 0.6 is 11.6 Å². The van der Waals surface area contributed by atoms with Gasteiger partial charge in [-0.3, -0.25) is 0 Å². The molecule has 3 heterocycles. The summed E-state index contributed by atoms with van der Waals surface area (Å²) in [5, 5.41) is 4.53. The van der Waals surface area contributed by atoms with Crippen molar-refractivity contribution in [1.82, 2.24) is 24.7 Å². The molecule has 1 aliphatic heterocycles. The first-order chi connectivity index (χ1) is 17.4. The fourth-order valence-corrected chi connectivity index (χ4v) is 5.22. The van der Waals surface area contributed by atoms with E-state index in [9.17, 15) is 8.78 Å². The van der Waals surface area contributed by atoms with Gasteiger partial charge < -0.3 is 15.2 Å². The molecule has 6 rings (SSSR count). The number of fused-ring (bicyclic) bond motifs is 1. The van der Waals surface area contributed by atoms with Gasteiger partial charge in [0.05, 0.1) is 30.2 Å². The molecule has 2 aromatic carbocycles. The minimum absolute atomic E-state index is 0.0960. The predicted molar refractivity (Wildman–Crippen MR) is 130 cm³/mol. The van der Waals surface area contributed by atoms with Gasteiger partial charge in [-0.05, 0) is 43.5 Å². The second-order valence-electron chi connectivity index (χ2n) is 9.47. The van der Waals surface area contributed by atoms with Crippen molar-refractivity contribution in [3.05, 3.63) is 59.4 Å². The van der Waals surface area contributed by atoms with Gasteiger partial charge in [0.1, 0.15) is 35.1 Å². The highest BCUT2D eigenvalue weighted by Crippen LogP contribution is 2.52. The van der Waals surface area contributed by atoms with Crippen LogP contribution in [0.1, 0.15) is 44.2 Å². The fraction of sp³-hybridized carbons (Fsp3) is 0.360. The lowest BCUT2D eigenvalue weighted by molar-refractivity contribution is -0.176. The monoisotopic (exact) mass is 512 g/mol. The van der Waals surface area contributed by atoms with E-state index in [1.807, 2.05) is 11.6 Å². The molecule has 36 heavy (non-hydrogen) atoms. The lowest BCUT2D eigenvalue weighted by Gasteiger charge is -2.52. The van der Waals surface area contributed by atoms with E-state index in [4.69, 9.17) is 31.9 Å². The van der Waals surface area contributed by atoms with Crippen molar-refractivity contribution in [3.63, 3.8) is 0 Å². The van der Waals surface area contributed by atoms with E-state index in [2.05, 4.69) is 15.0 Å². The molecule has 2 aliphatic rings. The zero-order chi connectivity index (χ0) is 25.0. The molecule has 2 fully saturated rings. The molecule has 1 saturated heterocycles. The molecular weight excluding hydrogens is 490 g/mol. The van der Waals surface area contributed by atoms with Crippen molar-refractivity contribution in [2.24, 2.45) is 5.41 Å². The second-order valence-corrected chi connectivity index (χ2v) is 9.85. The summed E-state index contributed by atoms with van der Waals surface area (Å²) >= 11 is 5.81. The lowest BCUT2D eigenvalue weighted by atomic mass is 9.64. The van der Waals surface area contributed by atoms with Crippen molar-refractivity contribution < 1.29 is 18.3 Å². The van der Waals surface area contributed by atoms with Crippen molar-refractivity contribution >= 4 is 28.3 Å². The smallest absolute Gasteiger partial charge is 0.191 e. The van der Waals surface area contributed by atoms with Crippen molar-refractivity contribution in [1.29, 1.82) is 0 Å². The van der Waals surface area contributed by atoms with Crippen LogP contribution in [0.2, 0.25) is 5.02 Å². The Morgan fingerprint density at radius 1 is 1.17 bits per heavy atom. The number of nitrogens with zero attached hydrogens (tertiary/aromatic N) is 5. The first-order valence-corrected chi connectivity index (χ1v) is 12.1. The van der Waals surface area contributed by atoms with Crippen LogP contribution in [0, 0.1) is 17.0 Å². The van der Waals surface area contributed by atoms with Gasteiger partial charge >= 0.3 is 0 Å². The number of halogens is 3. The van der Waals surface area contributed by atoms with Crippen LogP contribution in [0.15, 0.2) is 36.9 Å². The van der Waals surface area contributed by atoms with Gasteiger partial charge in [0.2, 0.25) is 0 Å². The van der Waals surface area contributed by atoms with Gasteiger partial charge in [-0.1, -0.05) is 18.5 Å². The van der Waals surface area contributed by atoms with Crippen LogP contribution < -0.4 is 10.5 Å². The third-order valence-corrected chi connectivity index (χ3v) is 7.43. The molecule has 0 amide bonds. The molecule has 1 atom stereocenters. The predicted octanol–water partition coefficient (Wildman–Crippen LogP) is 5.28. The van der Waals surface area contributed by atoms with E-state index in [-0.39, 0.29) is 11.4 Å². The lowest BCUT2D eigenvalue weighted by Crippen LogP contribution is -2.52. The first kappa shape index (κ1) is 23.1. The normalized spacial score (nSPS) is 17.7. The molecule has 1 spiro atoms. The highest BCUT2D eigenvalue weighted by molar-refractivity contribution is 6.31. The van der Waals surface area contributed by atoms with Crippen LogP contribution in [-0.4, -0.2) is 37.9 Å². The molecule has 0 radical (unpaired) electrons. The van der Waals surface area contributed by atoms with E-state index in [1.54, 1.807) is 18.5 Å². The number of anilines is 1. The molecule has 1 unspecified atom stereocenters. The van der Waals surface area contributed by atoms with Crippen LogP contribution in [0.5, 0.6) is 5.75 Å². The minimum atomic E-state index is -0.878. The number of hydrogen-bond donors (Lipinski definition) is 1.